The molecule has 240 valence electrons. The first-order valence-corrected chi connectivity index (χ1v) is 16.9. The second-order valence-corrected chi connectivity index (χ2v) is 14.1. The van der Waals surface area contributed by atoms with E-state index in [0.29, 0.717) is 5.56 Å². The highest BCUT2D eigenvalue weighted by Crippen LogP contribution is 2.44. The summed E-state index contributed by atoms with van der Waals surface area (Å²) in [4.78, 5) is 25.1. The molecule has 1 aliphatic carbocycles. The van der Waals surface area contributed by atoms with E-state index in [0.717, 1.165) is 27.8 Å². The van der Waals surface area contributed by atoms with E-state index < -0.39 is 28.3 Å². The summed E-state index contributed by atoms with van der Waals surface area (Å²) in [6.45, 7) is 5.21. The third kappa shape index (κ3) is 7.55. The Bertz CT molecular complexity index is 1730. The molecule has 0 radical (unpaired) electrons. The SMILES string of the molecule is CC(=O)c1ccc(S(=O)(=O)N(CC(C)C)C[C@@H](O)[C@H](Cc2ccccc2)NC(=O)OCC2c3ccccc3-c3ccccc32)cc1. The van der Waals surface area contributed by atoms with Gasteiger partial charge in [0, 0.05) is 24.6 Å². The zero-order valence-corrected chi connectivity index (χ0v) is 27.1. The molecule has 2 atom stereocenters. The fourth-order valence-electron chi connectivity index (χ4n) is 5.97. The summed E-state index contributed by atoms with van der Waals surface area (Å²) in [5.41, 5.74) is 5.68. The van der Waals surface area contributed by atoms with Gasteiger partial charge in [0.25, 0.3) is 0 Å². The molecule has 4 aromatic rings. The fraction of sp³-hybridized carbons (Fsp3) is 0.297. The molecule has 2 N–H and O–H groups in total. The quantitative estimate of drug-likeness (QED) is 0.172. The first-order valence-electron chi connectivity index (χ1n) is 15.5. The zero-order chi connectivity index (χ0) is 32.8. The molecule has 46 heavy (non-hydrogen) atoms. The van der Waals surface area contributed by atoms with Gasteiger partial charge in [-0.1, -0.05) is 105 Å². The normalized spacial score (nSPS) is 14.0. The highest BCUT2D eigenvalue weighted by molar-refractivity contribution is 7.89. The summed E-state index contributed by atoms with van der Waals surface area (Å²) in [5.74, 6) is -0.334. The smallest absolute Gasteiger partial charge is 0.407 e. The van der Waals surface area contributed by atoms with Crippen LogP contribution in [0.15, 0.2) is 108 Å². The third-order valence-corrected chi connectivity index (χ3v) is 10.1. The minimum atomic E-state index is -4.03. The Balaban J connectivity index is 1.34. The predicted molar refractivity (Wildman–Crippen MR) is 178 cm³/mol. The van der Waals surface area contributed by atoms with Crippen molar-refractivity contribution in [3.05, 3.63) is 125 Å². The Morgan fingerprint density at radius 1 is 0.826 bits per heavy atom. The second kappa shape index (κ2) is 14.4. The van der Waals surface area contributed by atoms with Gasteiger partial charge in [-0.05, 0) is 59.2 Å². The van der Waals surface area contributed by atoms with Gasteiger partial charge in [0.1, 0.15) is 6.61 Å². The summed E-state index contributed by atoms with van der Waals surface area (Å²) < 4.78 is 34.5. The van der Waals surface area contributed by atoms with E-state index in [2.05, 4.69) is 17.4 Å². The lowest BCUT2D eigenvalue weighted by Gasteiger charge is -2.30. The predicted octanol–water partition coefficient (Wildman–Crippen LogP) is 6.05. The molecule has 0 aliphatic heterocycles. The van der Waals surface area contributed by atoms with E-state index in [1.807, 2.05) is 80.6 Å². The van der Waals surface area contributed by atoms with E-state index in [9.17, 15) is 23.1 Å². The number of fused-ring (bicyclic) bond motifs is 3. The van der Waals surface area contributed by atoms with E-state index in [4.69, 9.17) is 4.74 Å². The molecule has 4 aromatic carbocycles. The van der Waals surface area contributed by atoms with Gasteiger partial charge in [-0.2, -0.15) is 4.31 Å². The van der Waals surface area contributed by atoms with Crippen LogP contribution in [0.1, 0.15) is 53.7 Å². The van der Waals surface area contributed by atoms with Gasteiger partial charge in [-0.15, -0.1) is 0 Å². The Morgan fingerprint density at radius 3 is 1.96 bits per heavy atom. The van der Waals surface area contributed by atoms with Crippen LogP contribution in [0, 0.1) is 5.92 Å². The number of sulfonamides is 1. The first kappa shape index (κ1) is 33.1. The summed E-state index contributed by atoms with van der Waals surface area (Å²) in [7, 11) is -4.03. The molecule has 9 heteroatoms. The van der Waals surface area contributed by atoms with Crippen molar-refractivity contribution in [1.82, 2.24) is 9.62 Å². The summed E-state index contributed by atoms with van der Waals surface area (Å²) in [6.07, 6.45) is -1.69. The number of ether oxygens (including phenoxy) is 1. The largest absolute Gasteiger partial charge is 0.449 e. The van der Waals surface area contributed by atoms with E-state index in [1.165, 1.54) is 35.5 Å². The number of carbonyl (C=O) groups excluding carboxylic acids is 2. The molecule has 0 spiro atoms. The van der Waals surface area contributed by atoms with Gasteiger partial charge in [0.2, 0.25) is 10.0 Å². The minimum Gasteiger partial charge on any atom is -0.449 e. The highest BCUT2D eigenvalue weighted by Gasteiger charge is 2.33. The molecule has 0 fully saturated rings. The Kier molecular flexibility index (Phi) is 10.4. The average molecular weight is 641 g/mol. The van der Waals surface area contributed by atoms with Gasteiger partial charge < -0.3 is 15.2 Å². The average Bonchev–Trinajstić information content (AvgIpc) is 3.37. The molecule has 5 rings (SSSR count). The number of Topliss-reactive ketones (excluding diaryl/α,β-unsaturated/α-hetero) is 1. The molecule has 0 heterocycles. The van der Waals surface area contributed by atoms with E-state index >= 15 is 0 Å². The number of nitrogens with one attached hydrogen (secondary N) is 1. The highest BCUT2D eigenvalue weighted by atomic mass is 32.2. The molecule has 1 amide bonds. The third-order valence-electron chi connectivity index (χ3n) is 8.27. The lowest BCUT2D eigenvalue weighted by Crippen LogP contribution is -2.51. The molecule has 0 bridgehead atoms. The summed E-state index contributed by atoms with van der Waals surface area (Å²) in [6, 6.07) is 30.5. The maximum absolute atomic E-state index is 13.8. The molecular formula is C37H40N2O6S. The zero-order valence-electron chi connectivity index (χ0n) is 26.3. The van der Waals surface area contributed by atoms with Crippen molar-refractivity contribution >= 4 is 21.9 Å². The van der Waals surface area contributed by atoms with Crippen molar-refractivity contribution in [2.24, 2.45) is 5.92 Å². The van der Waals surface area contributed by atoms with Crippen LogP contribution in [0.2, 0.25) is 0 Å². The standard InChI is InChI=1S/C37H40N2O6S/c1-25(2)22-39(46(43,44)29-19-17-28(18-20-29)26(3)40)23-36(41)35(21-27-11-5-4-6-12-27)38-37(42)45-24-34-32-15-9-7-13-30(32)31-14-8-10-16-33(31)34/h4-20,25,34-36,41H,21-24H2,1-3H3,(H,38,42)/t35-,36+/m0/s1. The number of ketones is 1. The number of hydrogen-bond acceptors (Lipinski definition) is 6. The molecule has 0 saturated carbocycles. The van der Waals surface area contributed by atoms with Crippen LogP contribution in [-0.2, 0) is 21.2 Å². The van der Waals surface area contributed by atoms with Gasteiger partial charge in [-0.3, -0.25) is 4.79 Å². The molecule has 0 saturated heterocycles. The van der Waals surface area contributed by atoms with Crippen molar-refractivity contribution in [2.75, 3.05) is 19.7 Å². The molecule has 8 nitrogen and oxygen atoms in total. The maximum Gasteiger partial charge on any atom is 0.407 e. The number of hydrogen-bond donors (Lipinski definition) is 2. The van der Waals surface area contributed by atoms with Gasteiger partial charge >= 0.3 is 6.09 Å². The van der Waals surface area contributed by atoms with Crippen molar-refractivity contribution in [3.8, 4) is 11.1 Å². The van der Waals surface area contributed by atoms with E-state index in [1.54, 1.807) is 0 Å². The molecule has 1 aliphatic rings. The first-order chi connectivity index (χ1) is 22.0. The number of rotatable bonds is 13. The second-order valence-electron chi connectivity index (χ2n) is 12.1. The van der Waals surface area contributed by atoms with Crippen LogP contribution in [0.4, 0.5) is 4.79 Å². The summed E-state index contributed by atoms with van der Waals surface area (Å²) in [5, 5.41) is 14.4. The number of aliphatic hydroxyl groups excluding tert-OH is 1. The minimum absolute atomic E-state index is 0.0226. The monoisotopic (exact) mass is 640 g/mol. The number of nitrogens with zero attached hydrogens (tertiary/aromatic N) is 1. The summed E-state index contributed by atoms with van der Waals surface area (Å²) >= 11 is 0. The number of amides is 1. The van der Waals surface area contributed by atoms with Crippen LogP contribution in [-0.4, -0.2) is 61.5 Å². The van der Waals surface area contributed by atoms with Gasteiger partial charge in [0.15, 0.2) is 5.78 Å². The lowest BCUT2D eigenvalue weighted by atomic mass is 9.98. The molecule has 0 unspecified atom stereocenters. The van der Waals surface area contributed by atoms with Crippen molar-refractivity contribution in [2.45, 2.75) is 50.2 Å². The van der Waals surface area contributed by atoms with Crippen LogP contribution in [0.25, 0.3) is 11.1 Å². The van der Waals surface area contributed by atoms with Crippen LogP contribution >= 0.6 is 0 Å². The van der Waals surface area contributed by atoms with Gasteiger partial charge in [-0.25, -0.2) is 13.2 Å². The van der Waals surface area contributed by atoms with Crippen LogP contribution in [0.5, 0.6) is 0 Å². The lowest BCUT2D eigenvalue weighted by molar-refractivity contribution is 0.0885. The number of aliphatic hydroxyl groups is 1. The molecule has 0 aromatic heterocycles. The van der Waals surface area contributed by atoms with Crippen molar-refractivity contribution < 1.29 is 27.9 Å². The van der Waals surface area contributed by atoms with Crippen LogP contribution in [0.3, 0.4) is 0 Å². The number of alkyl carbamates (subject to hydrolysis) is 1. The van der Waals surface area contributed by atoms with E-state index in [-0.39, 0.29) is 48.6 Å². The Morgan fingerprint density at radius 2 is 1.39 bits per heavy atom. The topological polar surface area (TPSA) is 113 Å². The maximum atomic E-state index is 13.8. The fourth-order valence-corrected chi connectivity index (χ4v) is 7.59. The molecular weight excluding hydrogens is 600 g/mol. The number of carbonyl (C=O) groups is 2. The Hall–Kier alpha value is -4.31. The van der Waals surface area contributed by atoms with Crippen LogP contribution < -0.4 is 5.32 Å². The van der Waals surface area contributed by atoms with Crippen molar-refractivity contribution in [3.63, 3.8) is 0 Å². The van der Waals surface area contributed by atoms with Gasteiger partial charge in [0.05, 0.1) is 17.0 Å². The number of benzene rings is 4. The Labute approximate surface area is 271 Å². The van der Waals surface area contributed by atoms with Crippen molar-refractivity contribution in [1.29, 1.82) is 0 Å².